The average molecular weight is 592 g/mol. The summed E-state index contributed by atoms with van der Waals surface area (Å²) in [4.78, 5) is 25.9. The molecule has 1 N–H and O–H groups in total. The van der Waals surface area contributed by atoms with Crippen molar-refractivity contribution < 1.29 is 27.7 Å². The zero-order valence-corrected chi connectivity index (χ0v) is 27.0. The summed E-state index contributed by atoms with van der Waals surface area (Å²) in [6.45, 7) is 9.37. The summed E-state index contributed by atoms with van der Waals surface area (Å²) in [5.74, 6) is -1.94. The van der Waals surface area contributed by atoms with Gasteiger partial charge < -0.3 is 0 Å². The molecule has 0 amide bonds. The predicted molar refractivity (Wildman–Crippen MR) is 166 cm³/mol. The van der Waals surface area contributed by atoms with Crippen LogP contribution in [-0.2, 0) is 27.7 Å². The number of benzene rings is 1. The van der Waals surface area contributed by atoms with E-state index in [2.05, 4.69) is 24.4 Å². The van der Waals surface area contributed by atoms with Crippen LogP contribution in [0, 0.1) is 0 Å². The van der Waals surface area contributed by atoms with Crippen molar-refractivity contribution in [3.8, 4) is 0 Å². The molecule has 7 nitrogen and oxygen atoms in total. The van der Waals surface area contributed by atoms with E-state index in [0.717, 1.165) is 18.4 Å². The summed E-state index contributed by atoms with van der Waals surface area (Å²) in [7, 11) is -4.72. The van der Waals surface area contributed by atoms with Gasteiger partial charge in [0.2, 0.25) is 0 Å². The van der Waals surface area contributed by atoms with Crippen molar-refractivity contribution in [1.29, 1.82) is 0 Å². The van der Waals surface area contributed by atoms with Gasteiger partial charge in [-0.2, -0.15) is 0 Å². The molecule has 2 saturated heterocycles. The second kappa shape index (κ2) is 15.1. The van der Waals surface area contributed by atoms with Gasteiger partial charge in [0.05, 0.1) is 0 Å². The summed E-state index contributed by atoms with van der Waals surface area (Å²) >= 11 is 0. The maximum atomic E-state index is 12.9. The fourth-order valence-corrected chi connectivity index (χ4v) is 10.1. The molecule has 1 atom stereocenters. The first-order valence-electron chi connectivity index (χ1n) is 15.9. The number of hydrogen-bond donors (Lipinski definition) is 1. The molecule has 0 saturated carbocycles. The Kier molecular flexibility index (Phi) is 12.4. The third kappa shape index (κ3) is 8.86. The molecule has 2 heterocycles. The van der Waals surface area contributed by atoms with E-state index in [0.29, 0.717) is 6.54 Å². The molecule has 3 rings (SSSR count). The summed E-state index contributed by atoms with van der Waals surface area (Å²) in [6.07, 6.45) is 22.1. The molecule has 41 heavy (non-hydrogen) atoms. The molecule has 2 aliphatic heterocycles. The Morgan fingerprint density at radius 3 is 1.63 bits per heavy atom. The second-order valence-corrected chi connectivity index (χ2v) is 15.5. The minimum atomic E-state index is -4.72. The number of carbonyl (C=O) groups excluding carboxylic acids is 2. The van der Waals surface area contributed by atoms with Crippen molar-refractivity contribution in [3.63, 3.8) is 0 Å². The monoisotopic (exact) mass is 591 g/mol. The van der Waals surface area contributed by atoms with E-state index in [1.54, 1.807) is 27.7 Å². The fourth-order valence-electron chi connectivity index (χ4n) is 5.50. The molecule has 0 aliphatic carbocycles. The van der Waals surface area contributed by atoms with E-state index in [1.165, 1.54) is 77.0 Å². The van der Waals surface area contributed by atoms with Crippen molar-refractivity contribution in [1.82, 2.24) is 5.32 Å². The van der Waals surface area contributed by atoms with Crippen molar-refractivity contribution in [2.45, 2.75) is 141 Å². The van der Waals surface area contributed by atoms with E-state index in [-0.39, 0.29) is 0 Å². The van der Waals surface area contributed by atoms with Crippen LogP contribution >= 0.6 is 7.51 Å². The number of unbranched alkanes of at least 4 members (excludes halogenated alkanes) is 12. The third-order valence-corrected chi connectivity index (χ3v) is 11.7. The van der Waals surface area contributed by atoms with E-state index >= 15 is 0 Å². The van der Waals surface area contributed by atoms with Gasteiger partial charge in [-0.25, -0.2) is 0 Å². The quantitative estimate of drug-likeness (QED) is 0.0975. The third-order valence-electron chi connectivity index (χ3n) is 7.83. The van der Waals surface area contributed by atoms with E-state index < -0.39 is 36.4 Å². The molecule has 1 spiro atoms. The first-order valence-corrected chi connectivity index (χ1v) is 17.9. The van der Waals surface area contributed by atoms with Crippen LogP contribution in [0.3, 0.4) is 0 Å². The van der Waals surface area contributed by atoms with Crippen LogP contribution < -0.4 is 5.32 Å². The Morgan fingerprint density at radius 1 is 0.707 bits per heavy atom. The van der Waals surface area contributed by atoms with Crippen LogP contribution in [0.5, 0.6) is 0 Å². The van der Waals surface area contributed by atoms with Gasteiger partial charge in [0.15, 0.2) is 0 Å². The molecule has 232 valence electrons. The van der Waals surface area contributed by atoms with Gasteiger partial charge in [0, 0.05) is 0 Å². The van der Waals surface area contributed by atoms with Crippen molar-refractivity contribution in [2.75, 3.05) is 6.54 Å². The zero-order valence-electron chi connectivity index (χ0n) is 26.1. The van der Waals surface area contributed by atoms with Crippen molar-refractivity contribution in [2.24, 2.45) is 0 Å². The molecule has 1 unspecified atom stereocenters. The van der Waals surface area contributed by atoms with Crippen LogP contribution in [0.25, 0.3) is 0 Å². The molecule has 0 radical (unpaired) electrons. The Balaban J connectivity index is 1.46. The van der Waals surface area contributed by atoms with E-state index in [9.17, 15) is 9.59 Å². The minimum absolute atomic E-state index is 0.597. The molecule has 2 fully saturated rings. The van der Waals surface area contributed by atoms with Crippen LogP contribution in [-0.4, -0.2) is 29.7 Å². The first-order chi connectivity index (χ1) is 19.5. The van der Waals surface area contributed by atoms with Gasteiger partial charge in [-0.1, -0.05) is 39.0 Å². The number of hydrogen-bond acceptors (Lipinski definition) is 7. The normalized spacial score (nSPS) is 21.9. The van der Waals surface area contributed by atoms with Crippen molar-refractivity contribution in [3.05, 3.63) is 48.0 Å². The maximum absolute atomic E-state index is 12.9. The Hall–Kier alpha value is -1.79. The van der Waals surface area contributed by atoms with Gasteiger partial charge in [0.1, 0.15) is 0 Å². The van der Waals surface area contributed by atoms with Crippen LogP contribution in [0.15, 0.2) is 42.5 Å². The van der Waals surface area contributed by atoms with Crippen LogP contribution in [0.1, 0.15) is 136 Å². The van der Waals surface area contributed by atoms with Gasteiger partial charge in [0.25, 0.3) is 0 Å². The molecule has 0 bridgehead atoms. The van der Waals surface area contributed by atoms with Gasteiger partial charge in [-0.05, 0) is 12.8 Å². The average Bonchev–Trinajstić information content (AvgIpc) is 3.25. The van der Waals surface area contributed by atoms with Gasteiger partial charge in [-0.3, -0.25) is 0 Å². The van der Waals surface area contributed by atoms with Gasteiger partial charge >= 0.3 is 197 Å². The van der Waals surface area contributed by atoms with E-state index in [1.807, 2.05) is 30.3 Å². The van der Waals surface area contributed by atoms with Crippen LogP contribution in [0.4, 0.5) is 0 Å². The zero-order chi connectivity index (χ0) is 29.8. The Morgan fingerprint density at radius 2 is 1.17 bits per heavy atom. The Labute approximate surface area is 248 Å². The number of carbonyl (C=O) groups is 2. The second-order valence-electron chi connectivity index (χ2n) is 12.5. The Bertz CT molecular complexity index is 972. The number of allylic oxidation sites excluding steroid dienone is 2. The summed E-state index contributed by atoms with van der Waals surface area (Å²) in [6, 6.07) is 9.52. The summed E-state index contributed by atoms with van der Waals surface area (Å²) < 4.78 is 24.6. The number of rotatable bonds is 19. The molecule has 1 aromatic carbocycles. The van der Waals surface area contributed by atoms with Crippen molar-refractivity contribution >= 4 is 19.4 Å². The SMILES string of the molecule is CCCCCCCC/C=C/CCCCCCCCNC(c1ccccc1)P12(OC(=O)C(C)(C)O1)OC(=O)C(C)(C)O2. The molecular weight excluding hydrogens is 537 g/mol. The van der Waals surface area contributed by atoms with E-state index in [4.69, 9.17) is 18.1 Å². The molecular formula is C33H54NO6P. The molecule has 1 aromatic rings. The standard InChI is InChI=1S/C33H54NO6P/c1-6-7-8-9-10-11-12-13-14-15-16-17-18-19-20-24-27-34-29(28-25-22-21-23-26-28)41(37-30(35)32(2,3)39-41)38-31(36)33(4,5)40-41/h13-14,21-23,25-26,29,34H,6-12,15-20,24,27H2,1-5H3/b14-13+. The first kappa shape index (κ1) is 33.7. The fraction of sp³-hybridized carbons (Fsp3) is 0.697. The van der Waals surface area contributed by atoms with Gasteiger partial charge in [-0.15, -0.1) is 0 Å². The predicted octanol–water partition coefficient (Wildman–Crippen LogP) is 9.23. The number of nitrogens with one attached hydrogen (secondary N) is 1. The summed E-state index contributed by atoms with van der Waals surface area (Å²) in [5.41, 5.74) is -1.83. The topological polar surface area (TPSA) is 83.1 Å². The molecule has 8 heteroatoms. The van der Waals surface area contributed by atoms with Crippen LogP contribution in [0.2, 0.25) is 0 Å². The molecule has 2 aliphatic rings. The summed E-state index contributed by atoms with van der Waals surface area (Å²) in [5, 5.41) is 3.51. The molecule has 0 aromatic heterocycles.